The monoisotopic (exact) mass is 325 g/mol. The molecule has 0 saturated heterocycles. The molecule has 2 nitrogen and oxygen atoms in total. The van der Waals surface area contributed by atoms with Gasteiger partial charge in [-0.15, -0.1) is 11.3 Å². The molecule has 1 aliphatic rings. The van der Waals surface area contributed by atoms with E-state index in [9.17, 15) is 9.18 Å². The van der Waals surface area contributed by atoms with Crippen LogP contribution in [0.2, 0.25) is 0 Å². The first-order chi connectivity index (χ1) is 11.2. The number of rotatable bonds is 4. The molecule has 0 spiro atoms. The molecule has 4 heteroatoms. The summed E-state index contributed by atoms with van der Waals surface area (Å²) in [5.74, 6) is -0.254. The summed E-state index contributed by atoms with van der Waals surface area (Å²) in [6.45, 7) is 0.612. The number of fused-ring (bicyclic) bond motifs is 1. The molecule has 0 radical (unpaired) electrons. The molecule has 0 bridgehead atoms. The van der Waals surface area contributed by atoms with Crippen LogP contribution in [0.3, 0.4) is 0 Å². The number of carbonyl (C=O) groups is 1. The Bertz CT molecular complexity index is 854. The third-order valence-electron chi connectivity index (χ3n) is 4.16. The van der Waals surface area contributed by atoms with Crippen molar-refractivity contribution in [3.63, 3.8) is 0 Å². The van der Waals surface area contributed by atoms with Crippen LogP contribution in [0.15, 0.2) is 54.6 Å². The average Bonchev–Trinajstić information content (AvgIpc) is 3.31. The largest absolute Gasteiger partial charge is 0.331 e. The number of carbonyl (C=O) groups excluding carboxylic acids is 1. The standard InChI is InChI=1S/C19H16FNOS/c20-16-7-4-8-17-15(16)11-18(23-17)19(22)21(14-9-10-14)12-13-5-2-1-3-6-13/h1-8,11,14H,9-10,12H2. The van der Waals surface area contributed by atoms with Crippen LogP contribution in [-0.4, -0.2) is 16.8 Å². The second-order valence-corrected chi connectivity index (χ2v) is 7.00. The number of nitrogens with zero attached hydrogens (tertiary/aromatic N) is 1. The Morgan fingerprint density at radius 2 is 1.91 bits per heavy atom. The molecule has 3 aromatic rings. The van der Waals surface area contributed by atoms with Crippen molar-refractivity contribution in [1.29, 1.82) is 0 Å². The minimum absolute atomic E-state index is 0.0111. The molecule has 0 atom stereocenters. The second kappa shape index (κ2) is 5.78. The fraction of sp³-hybridized carbons (Fsp3) is 0.211. The third-order valence-corrected chi connectivity index (χ3v) is 5.25. The van der Waals surface area contributed by atoms with Gasteiger partial charge in [0.05, 0.1) is 4.88 Å². The highest BCUT2D eigenvalue weighted by atomic mass is 32.1. The summed E-state index contributed by atoms with van der Waals surface area (Å²) in [5, 5.41) is 0.538. The van der Waals surface area contributed by atoms with Crippen LogP contribution in [0.1, 0.15) is 28.1 Å². The molecule has 2 aromatic carbocycles. The molecule has 116 valence electrons. The van der Waals surface area contributed by atoms with Gasteiger partial charge in [0.15, 0.2) is 0 Å². The van der Waals surface area contributed by atoms with Gasteiger partial charge in [-0.05, 0) is 36.6 Å². The highest BCUT2D eigenvalue weighted by molar-refractivity contribution is 7.20. The maximum atomic E-state index is 13.9. The van der Waals surface area contributed by atoms with Crippen LogP contribution in [0, 0.1) is 5.82 Å². The summed E-state index contributed by atoms with van der Waals surface area (Å²) >= 11 is 1.37. The third kappa shape index (κ3) is 2.86. The quantitative estimate of drug-likeness (QED) is 0.672. The van der Waals surface area contributed by atoms with Crippen LogP contribution in [0.5, 0.6) is 0 Å². The number of halogens is 1. The molecule has 1 heterocycles. The number of hydrogen-bond donors (Lipinski definition) is 0. The smallest absolute Gasteiger partial charge is 0.264 e. The van der Waals surface area contributed by atoms with Crippen molar-refractivity contribution >= 4 is 27.3 Å². The summed E-state index contributed by atoms with van der Waals surface area (Å²) in [4.78, 5) is 15.5. The molecular weight excluding hydrogens is 309 g/mol. The molecule has 23 heavy (non-hydrogen) atoms. The van der Waals surface area contributed by atoms with E-state index in [4.69, 9.17) is 0 Å². The molecule has 1 aliphatic carbocycles. The molecule has 1 aromatic heterocycles. The maximum Gasteiger partial charge on any atom is 0.264 e. The van der Waals surface area contributed by atoms with Crippen LogP contribution in [0.4, 0.5) is 4.39 Å². The molecule has 0 N–H and O–H groups in total. The van der Waals surface area contributed by atoms with E-state index in [-0.39, 0.29) is 11.7 Å². The molecule has 0 aliphatic heterocycles. The van der Waals surface area contributed by atoms with E-state index >= 15 is 0 Å². The van der Waals surface area contributed by atoms with Gasteiger partial charge in [-0.2, -0.15) is 0 Å². The highest BCUT2D eigenvalue weighted by Crippen LogP contribution is 2.33. The Kier molecular flexibility index (Phi) is 3.62. The van der Waals surface area contributed by atoms with Crippen LogP contribution in [0.25, 0.3) is 10.1 Å². The number of thiophene rings is 1. The molecule has 1 saturated carbocycles. The van der Waals surface area contributed by atoms with Gasteiger partial charge in [-0.3, -0.25) is 4.79 Å². The van der Waals surface area contributed by atoms with Crippen molar-refractivity contribution < 1.29 is 9.18 Å². The fourth-order valence-corrected chi connectivity index (χ4v) is 3.84. The molecule has 0 unspecified atom stereocenters. The Hall–Kier alpha value is -2.20. The van der Waals surface area contributed by atoms with Crippen molar-refractivity contribution in [1.82, 2.24) is 4.90 Å². The lowest BCUT2D eigenvalue weighted by atomic mass is 10.2. The Balaban J connectivity index is 1.65. The number of hydrogen-bond acceptors (Lipinski definition) is 2. The van der Waals surface area contributed by atoms with Crippen molar-refractivity contribution in [2.45, 2.75) is 25.4 Å². The van der Waals surface area contributed by atoms with Gasteiger partial charge in [0, 0.05) is 22.7 Å². The predicted molar refractivity (Wildman–Crippen MR) is 91.1 cm³/mol. The van der Waals surface area contributed by atoms with Gasteiger partial charge in [-0.1, -0.05) is 36.4 Å². The van der Waals surface area contributed by atoms with Crippen molar-refractivity contribution in [2.24, 2.45) is 0 Å². The molecular formula is C19H16FNOS. The van der Waals surface area contributed by atoms with Crippen LogP contribution >= 0.6 is 11.3 Å². The molecule has 1 amide bonds. The summed E-state index contributed by atoms with van der Waals surface area (Å²) in [5.41, 5.74) is 1.13. The predicted octanol–water partition coefficient (Wildman–Crippen LogP) is 4.85. The Labute approximate surface area is 138 Å². The zero-order chi connectivity index (χ0) is 15.8. The summed E-state index contributed by atoms with van der Waals surface area (Å²) in [6.07, 6.45) is 2.11. The van der Waals surface area contributed by atoms with Crippen molar-refractivity contribution in [2.75, 3.05) is 0 Å². The van der Waals surface area contributed by atoms with Gasteiger partial charge in [-0.25, -0.2) is 4.39 Å². The Morgan fingerprint density at radius 3 is 2.61 bits per heavy atom. The van der Waals surface area contributed by atoms with Gasteiger partial charge < -0.3 is 4.90 Å². The number of benzene rings is 2. The van der Waals surface area contributed by atoms with E-state index in [0.29, 0.717) is 22.8 Å². The van der Waals surface area contributed by atoms with Gasteiger partial charge in [0.25, 0.3) is 5.91 Å². The van der Waals surface area contributed by atoms with E-state index in [0.717, 1.165) is 23.1 Å². The van der Waals surface area contributed by atoms with Crippen molar-refractivity contribution in [3.05, 3.63) is 70.9 Å². The second-order valence-electron chi connectivity index (χ2n) is 5.91. The highest BCUT2D eigenvalue weighted by Gasteiger charge is 2.33. The summed E-state index contributed by atoms with van der Waals surface area (Å²) in [7, 11) is 0. The van der Waals surface area contributed by atoms with Crippen LogP contribution < -0.4 is 0 Å². The first kappa shape index (κ1) is 14.4. The SMILES string of the molecule is O=C(c1cc2c(F)cccc2s1)N(Cc1ccccc1)C1CC1. The van der Waals surface area contributed by atoms with E-state index in [1.165, 1.54) is 17.4 Å². The Morgan fingerprint density at radius 1 is 1.13 bits per heavy atom. The maximum absolute atomic E-state index is 13.9. The van der Waals surface area contributed by atoms with Gasteiger partial charge >= 0.3 is 0 Å². The lowest BCUT2D eigenvalue weighted by Crippen LogP contribution is -2.32. The van der Waals surface area contributed by atoms with E-state index in [2.05, 4.69) is 0 Å². The normalized spacial score (nSPS) is 14.1. The minimum atomic E-state index is -0.265. The van der Waals surface area contributed by atoms with E-state index in [1.807, 2.05) is 41.3 Å². The first-order valence-electron chi connectivity index (χ1n) is 7.75. The summed E-state index contributed by atoms with van der Waals surface area (Å²) in [6, 6.07) is 17.0. The lowest BCUT2D eigenvalue weighted by molar-refractivity contribution is 0.0735. The molecule has 4 rings (SSSR count). The average molecular weight is 325 g/mol. The fourth-order valence-electron chi connectivity index (χ4n) is 2.81. The minimum Gasteiger partial charge on any atom is -0.331 e. The molecule has 1 fully saturated rings. The number of amides is 1. The van der Waals surface area contributed by atoms with Crippen LogP contribution in [-0.2, 0) is 6.54 Å². The summed E-state index contributed by atoms with van der Waals surface area (Å²) < 4.78 is 14.7. The van der Waals surface area contributed by atoms with Gasteiger partial charge in [0.1, 0.15) is 5.82 Å². The van der Waals surface area contributed by atoms with Gasteiger partial charge in [0.2, 0.25) is 0 Å². The van der Waals surface area contributed by atoms with Crippen molar-refractivity contribution in [3.8, 4) is 0 Å². The first-order valence-corrected chi connectivity index (χ1v) is 8.57. The zero-order valence-corrected chi connectivity index (χ0v) is 13.4. The topological polar surface area (TPSA) is 20.3 Å². The lowest BCUT2D eigenvalue weighted by Gasteiger charge is -2.21. The van der Waals surface area contributed by atoms with E-state index in [1.54, 1.807) is 12.1 Å². The zero-order valence-electron chi connectivity index (χ0n) is 12.5. The van der Waals surface area contributed by atoms with E-state index < -0.39 is 0 Å².